The van der Waals surface area contributed by atoms with Gasteiger partial charge in [-0.1, -0.05) is 78.9 Å². The van der Waals surface area contributed by atoms with Gasteiger partial charge >= 0.3 is 11.9 Å². The van der Waals surface area contributed by atoms with Crippen molar-refractivity contribution in [3.63, 3.8) is 0 Å². The highest BCUT2D eigenvalue weighted by Crippen LogP contribution is 2.35. The maximum absolute atomic E-state index is 13.5. The average Bonchev–Trinajstić information content (AvgIpc) is 2.85. The average molecular weight is 456 g/mol. The molecule has 0 aliphatic rings. The highest BCUT2D eigenvalue weighted by atomic mass is 16.6. The molecule has 34 heavy (non-hydrogen) atoms. The Hall–Kier alpha value is -3.70. The summed E-state index contributed by atoms with van der Waals surface area (Å²) < 4.78 is 11.4. The number of carbonyl (C=O) groups is 2. The SMILES string of the molecule is CCOC(=O)[C@H](OC(=O)[C@@H](Cc1ccccc1)N(C)C)c1c2ccccc2cc2ccccc12. The van der Waals surface area contributed by atoms with E-state index in [1.54, 1.807) is 6.92 Å². The minimum Gasteiger partial charge on any atom is -0.463 e. The van der Waals surface area contributed by atoms with Gasteiger partial charge in [0.2, 0.25) is 6.10 Å². The van der Waals surface area contributed by atoms with Crippen molar-refractivity contribution in [3.05, 3.63) is 96.1 Å². The fourth-order valence-corrected chi connectivity index (χ4v) is 4.28. The van der Waals surface area contributed by atoms with Gasteiger partial charge in [-0.2, -0.15) is 0 Å². The van der Waals surface area contributed by atoms with Crippen LogP contribution in [0.3, 0.4) is 0 Å². The second-order valence-electron chi connectivity index (χ2n) is 8.47. The number of carbonyl (C=O) groups excluding carboxylic acids is 2. The van der Waals surface area contributed by atoms with Gasteiger partial charge < -0.3 is 9.47 Å². The summed E-state index contributed by atoms with van der Waals surface area (Å²) in [4.78, 5) is 28.5. The normalized spacial score (nSPS) is 13.1. The van der Waals surface area contributed by atoms with E-state index in [4.69, 9.17) is 9.47 Å². The molecule has 2 atom stereocenters. The van der Waals surface area contributed by atoms with E-state index in [1.807, 2.05) is 97.9 Å². The van der Waals surface area contributed by atoms with Crippen LogP contribution in [0.5, 0.6) is 0 Å². The number of nitrogens with zero attached hydrogens (tertiary/aromatic N) is 1. The number of ether oxygens (including phenoxy) is 2. The van der Waals surface area contributed by atoms with Crippen molar-refractivity contribution in [2.75, 3.05) is 20.7 Å². The lowest BCUT2D eigenvalue weighted by Crippen LogP contribution is -2.40. The molecule has 4 rings (SSSR count). The number of benzene rings is 4. The Morgan fingerprint density at radius 2 is 1.35 bits per heavy atom. The highest BCUT2D eigenvalue weighted by Gasteiger charge is 2.33. The first-order valence-corrected chi connectivity index (χ1v) is 11.5. The molecule has 0 heterocycles. The highest BCUT2D eigenvalue weighted by molar-refractivity contribution is 6.05. The van der Waals surface area contributed by atoms with Gasteiger partial charge in [0.05, 0.1) is 6.61 Å². The Bertz CT molecular complexity index is 1250. The third kappa shape index (κ3) is 4.95. The molecule has 0 amide bonds. The second kappa shape index (κ2) is 10.5. The van der Waals surface area contributed by atoms with Gasteiger partial charge in [-0.3, -0.25) is 9.69 Å². The fraction of sp³-hybridized carbons (Fsp3) is 0.241. The van der Waals surface area contributed by atoms with Crippen molar-refractivity contribution >= 4 is 33.5 Å². The fourth-order valence-electron chi connectivity index (χ4n) is 4.28. The summed E-state index contributed by atoms with van der Waals surface area (Å²) in [6, 6.07) is 26.9. The molecule has 174 valence electrons. The van der Waals surface area contributed by atoms with E-state index in [-0.39, 0.29) is 6.61 Å². The Labute approximate surface area is 199 Å². The number of esters is 2. The van der Waals surface area contributed by atoms with Crippen LogP contribution in [0.15, 0.2) is 84.9 Å². The zero-order chi connectivity index (χ0) is 24.1. The summed E-state index contributed by atoms with van der Waals surface area (Å²) in [7, 11) is 3.67. The molecular weight excluding hydrogens is 426 g/mol. The maximum atomic E-state index is 13.5. The summed E-state index contributed by atoms with van der Waals surface area (Å²) in [5.41, 5.74) is 1.67. The molecule has 5 nitrogen and oxygen atoms in total. The van der Waals surface area contributed by atoms with Gasteiger partial charge in [0, 0.05) is 5.56 Å². The van der Waals surface area contributed by atoms with Crippen molar-refractivity contribution in [3.8, 4) is 0 Å². The van der Waals surface area contributed by atoms with E-state index in [1.165, 1.54) is 0 Å². The van der Waals surface area contributed by atoms with Gasteiger partial charge in [-0.15, -0.1) is 0 Å². The van der Waals surface area contributed by atoms with Crippen molar-refractivity contribution < 1.29 is 19.1 Å². The number of hydrogen-bond donors (Lipinski definition) is 0. The van der Waals surface area contributed by atoms with Gasteiger partial charge in [0.25, 0.3) is 0 Å². The lowest BCUT2D eigenvalue weighted by molar-refractivity contribution is -0.171. The van der Waals surface area contributed by atoms with Gasteiger partial charge in [0.15, 0.2) is 0 Å². The van der Waals surface area contributed by atoms with Crippen LogP contribution in [-0.4, -0.2) is 43.6 Å². The third-order valence-corrected chi connectivity index (χ3v) is 5.98. The van der Waals surface area contributed by atoms with Crippen LogP contribution in [0.1, 0.15) is 24.2 Å². The van der Waals surface area contributed by atoms with E-state index in [0.717, 1.165) is 27.1 Å². The monoisotopic (exact) mass is 455 g/mol. The third-order valence-electron chi connectivity index (χ3n) is 5.98. The molecular formula is C29H29NO4. The first kappa shape index (κ1) is 23.5. The van der Waals surface area contributed by atoms with Crippen LogP contribution in [0.25, 0.3) is 21.5 Å². The Morgan fingerprint density at radius 3 is 1.91 bits per heavy atom. The lowest BCUT2D eigenvalue weighted by Gasteiger charge is -2.26. The molecule has 4 aromatic carbocycles. The topological polar surface area (TPSA) is 55.8 Å². The maximum Gasteiger partial charge on any atom is 0.352 e. The first-order valence-electron chi connectivity index (χ1n) is 11.5. The smallest absolute Gasteiger partial charge is 0.352 e. The van der Waals surface area contributed by atoms with Gasteiger partial charge in [0.1, 0.15) is 6.04 Å². The van der Waals surface area contributed by atoms with Crippen molar-refractivity contribution in [1.29, 1.82) is 0 Å². The number of likely N-dealkylation sites (N-methyl/N-ethyl adjacent to an activating group) is 1. The summed E-state index contributed by atoms with van der Waals surface area (Å²) in [5, 5.41) is 3.65. The standard InChI is InChI=1S/C29H29NO4/c1-4-33-29(32)27(34-28(31)25(30(2)3)18-20-12-6-5-7-13-20)26-23-16-10-8-14-21(23)19-22-15-9-11-17-24(22)26/h5-17,19,25,27H,4,18H2,1-3H3/t25-,27-/m1/s1. The summed E-state index contributed by atoms with van der Waals surface area (Å²) >= 11 is 0. The summed E-state index contributed by atoms with van der Waals surface area (Å²) in [6.07, 6.45) is -0.708. The number of rotatable bonds is 8. The van der Waals surface area contributed by atoms with Crippen molar-refractivity contribution in [1.82, 2.24) is 4.90 Å². The molecule has 5 heteroatoms. The second-order valence-corrected chi connectivity index (χ2v) is 8.47. The molecule has 4 aromatic rings. The summed E-state index contributed by atoms with van der Waals surface area (Å²) in [5.74, 6) is -1.04. The zero-order valence-electron chi connectivity index (χ0n) is 19.7. The first-order chi connectivity index (χ1) is 16.5. The van der Waals surface area contributed by atoms with E-state index in [2.05, 4.69) is 6.07 Å². The molecule has 0 saturated heterocycles. The molecule has 0 aliphatic heterocycles. The van der Waals surface area contributed by atoms with E-state index >= 15 is 0 Å². The van der Waals surface area contributed by atoms with Gasteiger partial charge in [-0.05, 0) is 60.6 Å². The van der Waals surface area contributed by atoms with Crippen LogP contribution in [0, 0.1) is 0 Å². The zero-order valence-corrected chi connectivity index (χ0v) is 19.7. The van der Waals surface area contributed by atoms with Crippen LogP contribution < -0.4 is 0 Å². The summed E-state index contributed by atoms with van der Waals surface area (Å²) in [6.45, 7) is 1.94. The lowest BCUT2D eigenvalue weighted by atomic mass is 9.93. The van der Waals surface area contributed by atoms with Crippen LogP contribution in [0.2, 0.25) is 0 Å². The Kier molecular flexibility index (Phi) is 7.24. The van der Waals surface area contributed by atoms with Crippen LogP contribution in [-0.2, 0) is 25.5 Å². The minimum absolute atomic E-state index is 0.191. The molecule has 0 radical (unpaired) electrons. The van der Waals surface area contributed by atoms with Crippen LogP contribution >= 0.6 is 0 Å². The Morgan fingerprint density at radius 1 is 0.794 bits per heavy atom. The quantitative estimate of drug-likeness (QED) is 0.266. The van der Waals surface area contributed by atoms with Crippen molar-refractivity contribution in [2.24, 2.45) is 0 Å². The number of hydrogen-bond acceptors (Lipinski definition) is 5. The van der Waals surface area contributed by atoms with Crippen molar-refractivity contribution in [2.45, 2.75) is 25.5 Å². The van der Waals surface area contributed by atoms with Crippen LogP contribution in [0.4, 0.5) is 0 Å². The molecule has 0 unspecified atom stereocenters. The van der Waals surface area contributed by atoms with E-state index in [0.29, 0.717) is 12.0 Å². The molecule has 0 N–H and O–H groups in total. The largest absolute Gasteiger partial charge is 0.463 e. The van der Waals surface area contributed by atoms with E-state index < -0.39 is 24.1 Å². The molecule has 0 fully saturated rings. The molecule has 0 aromatic heterocycles. The van der Waals surface area contributed by atoms with E-state index in [9.17, 15) is 9.59 Å². The van der Waals surface area contributed by atoms with Gasteiger partial charge in [-0.25, -0.2) is 4.79 Å². The molecule has 0 spiro atoms. The minimum atomic E-state index is -1.18. The number of fused-ring (bicyclic) bond motifs is 2. The molecule has 0 bridgehead atoms. The predicted molar refractivity (Wildman–Crippen MR) is 135 cm³/mol. The molecule has 0 saturated carbocycles. The predicted octanol–water partition coefficient (Wildman–Crippen LogP) is 5.31. The molecule has 0 aliphatic carbocycles. The Balaban J connectivity index is 1.79.